The molecule has 2 aromatic heterocycles. The lowest BCUT2D eigenvalue weighted by atomic mass is 9.91. The molecule has 0 radical (unpaired) electrons. The predicted octanol–water partition coefficient (Wildman–Crippen LogP) is 6.77. The van der Waals surface area contributed by atoms with Crippen molar-refractivity contribution in [1.29, 1.82) is 0 Å². The number of nitrogens with zero attached hydrogens (tertiary/aromatic N) is 5. The largest absolute Gasteiger partial charge is 0.324 e. The maximum Gasteiger partial charge on any atom is 0.324 e. The van der Waals surface area contributed by atoms with Crippen LogP contribution in [0.25, 0.3) is 16.7 Å². The van der Waals surface area contributed by atoms with Gasteiger partial charge in [-0.2, -0.15) is 18.2 Å². The maximum absolute atomic E-state index is 13.4. The summed E-state index contributed by atoms with van der Waals surface area (Å²) in [5, 5.41) is 10.7. The number of benzene rings is 3. The van der Waals surface area contributed by atoms with E-state index in [9.17, 15) is 13.2 Å². The molecule has 3 heterocycles. The molecule has 0 spiro atoms. The van der Waals surface area contributed by atoms with Crippen LogP contribution in [0, 0.1) is 12.8 Å². The van der Waals surface area contributed by atoms with Crippen LogP contribution < -0.4 is 10.6 Å². The Morgan fingerprint density at radius 1 is 0.956 bits per heavy atom. The summed E-state index contributed by atoms with van der Waals surface area (Å²) in [7, 11) is -3.64. The molecule has 234 valence electrons. The third kappa shape index (κ3) is 6.77. The molecule has 1 aliphatic heterocycles. The lowest BCUT2D eigenvalue weighted by molar-refractivity contribution is 0.262. The molecule has 3 aromatic carbocycles. The summed E-state index contributed by atoms with van der Waals surface area (Å²) in [5.74, 6) is 0.959. The monoisotopic (exact) mass is 643 g/mol. The number of nitrogens with one attached hydrogen (secondary N) is 2. The Morgan fingerprint density at radius 3 is 2.36 bits per heavy atom. The van der Waals surface area contributed by atoms with Crippen LogP contribution in [-0.4, -0.2) is 50.4 Å². The molecule has 1 saturated heterocycles. The van der Waals surface area contributed by atoms with E-state index in [-0.39, 0.29) is 16.3 Å². The second-order valence-corrected chi connectivity index (χ2v) is 15.1. The van der Waals surface area contributed by atoms with Crippen LogP contribution in [0.15, 0.2) is 77.7 Å². The van der Waals surface area contributed by atoms with Crippen molar-refractivity contribution in [2.75, 3.05) is 23.7 Å². The topological polar surface area (TPSA) is 122 Å². The van der Waals surface area contributed by atoms with Gasteiger partial charge < -0.3 is 5.32 Å². The number of amides is 2. The van der Waals surface area contributed by atoms with Crippen LogP contribution in [0.3, 0.4) is 0 Å². The van der Waals surface area contributed by atoms with Crippen LogP contribution >= 0.6 is 11.7 Å². The van der Waals surface area contributed by atoms with Gasteiger partial charge in [-0.1, -0.05) is 56.7 Å². The average Bonchev–Trinajstić information content (AvgIpc) is 3.66. The summed E-state index contributed by atoms with van der Waals surface area (Å²) in [5.41, 5.74) is 5.59. The summed E-state index contributed by atoms with van der Waals surface area (Å²) in [6.45, 7) is 9.24. The van der Waals surface area contributed by atoms with Gasteiger partial charge in [0.05, 0.1) is 23.1 Å². The first-order valence-corrected chi connectivity index (χ1v) is 17.2. The molecule has 6 rings (SSSR count). The van der Waals surface area contributed by atoms with Crippen LogP contribution in [-0.2, 0) is 21.9 Å². The van der Waals surface area contributed by atoms with Gasteiger partial charge in [0, 0.05) is 30.3 Å². The number of hydrogen-bond acceptors (Lipinski definition) is 7. The second kappa shape index (κ2) is 12.3. The van der Waals surface area contributed by atoms with Gasteiger partial charge in [-0.05, 0) is 74.1 Å². The highest BCUT2D eigenvalue weighted by Crippen LogP contribution is 2.30. The lowest BCUT2D eigenvalue weighted by Gasteiger charge is -2.31. The summed E-state index contributed by atoms with van der Waals surface area (Å²) in [6.07, 6.45) is 2.40. The van der Waals surface area contributed by atoms with Crippen molar-refractivity contribution in [2.24, 2.45) is 5.92 Å². The third-order valence-electron chi connectivity index (χ3n) is 8.17. The molecule has 1 aliphatic rings. The molecule has 2 amide bonds. The number of aromatic nitrogens is 4. The number of rotatable bonds is 7. The van der Waals surface area contributed by atoms with E-state index >= 15 is 0 Å². The summed E-state index contributed by atoms with van der Waals surface area (Å²) < 4.78 is 38.5. The molecule has 1 fully saturated rings. The van der Waals surface area contributed by atoms with Crippen LogP contribution in [0.5, 0.6) is 0 Å². The zero-order valence-corrected chi connectivity index (χ0v) is 27.5. The third-order valence-corrected chi connectivity index (χ3v) is 10.6. The van der Waals surface area contributed by atoms with Crippen LogP contribution in [0.4, 0.5) is 16.3 Å². The van der Waals surface area contributed by atoms with E-state index < -0.39 is 10.0 Å². The van der Waals surface area contributed by atoms with Gasteiger partial charge in [0.15, 0.2) is 0 Å². The number of carbonyl (C=O) groups is 1. The van der Waals surface area contributed by atoms with Gasteiger partial charge in [0.1, 0.15) is 21.7 Å². The number of urea groups is 1. The normalized spacial score (nSPS) is 14.9. The molecule has 0 unspecified atom stereocenters. The molecule has 10 nitrogen and oxygen atoms in total. The fourth-order valence-corrected chi connectivity index (χ4v) is 7.76. The molecule has 0 aliphatic carbocycles. The molecular weight excluding hydrogens is 607 g/mol. The van der Waals surface area contributed by atoms with Crippen molar-refractivity contribution in [3.05, 3.63) is 89.6 Å². The predicted molar refractivity (Wildman–Crippen MR) is 179 cm³/mol. The van der Waals surface area contributed by atoms with Gasteiger partial charge in [-0.25, -0.2) is 17.9 Å². The van der Waals surface area contributed by atoms with Crippen molar-refractivity contribution in [3.8, 4) is 5.69 Å². The first-order chi connectivity index (χ1) is 21.5. The Labute approximate surface area is 267 Å². The molecule has 45 heavy (non-hydrogen) atoms. The Kier molecular flexibility index (Phi) is 8.47. The van der Waals surface area contributed by atoms with E-state index in [2.05, 4.69) is 40.2 Å². The highest BCUT2D eigenvalue weighted by atomic mass is 32.2. The zero-order valence-electron chi connectivity index (χ0n) is 25.8. The van der Waals surface area contributed by atoms with Crippen molar-refractivity contribution < 1.29 is 13.2 Å². The number of aryl methyl sites for hydroxylation is 1. The molecule has 12 heteroatoms. The van der Waals surface area contributed by atoms with E-state index in [1.807, 2.05) is 61.5 Å². The Bertz CT molecular complexity index is 1920. The lowest BCUT2D eigenvalue weighted by Crippen LogP contribution is -2.39. The molecule has 5 aromatic rings. The van der Waals surface area contributed by atoms with Crippen LogP contribution in [0.2, 0.25) is 0 Å². The number of hydrogen-bond donors (Lipinski definition) is 2. The summed E-state index contributed by atoms with van der Waals surface area (Å²) >= 11 is 1.02. The highest BCUT2D eigenvalue weighted by Gasteiger charge is 2.31. The highest BCUT2D eigenvalue weighted by molar-refractivity contribution is 7.89. The minimum absolute atomic E-state index is 0.183. The van der Waals surface area contributed by atoms with E-state index in [1.165, 1.54) is 0 Å². The smallest absolute Gasteiger partial charge is 0.308 e. The van der Waals surface area contributed by atoms with Gasteiger partial charge in [0.2, 0.25) is 10.0 Å². The quantitative estimate of drug-likeness (QED) is 0.202. The minimum Gasteiger partial charge on any atom is -0.308 e. The second-order valence-electron chi connectivity index (χ2n) is 12.6. The average molecular weight is 644 g/mol. The Morgan fingerprint density at radius 2 is 1.67 bits per heavy atom. The van der Waals surface area contributed by atoms with E-state index in [0.717, 1.165) is 53.5 Å². The molecule has 0 atom stereocenters. The molecule has 2 N–H and O–H groups in total. The standard InChI is InChI=1S/C33H37N7O3S2/c1-22-8-14-26(15-9-22)40-30(21-29(36-40)33(2,3)4)35-32(41)34-25-12-10-23(11-13-25)20-24-16-18-39(19-17-24)45(42,43)28-7-5-6-27-31(28)38-44-37-27/h5-15,21,24H,16-20H2,1-4H3,(H2,34,35,41). The fraction of sp³-hybridized carbons (Fsp3) is 0.333. The van der Waals surface area contributed by atoms with Crippen molar-refractivity contribution in [3.63, 3.8) is 0 Å². The number of sulfonamides is 1. The zero-order chi connectivity index (χ0) is 31.8. The van der Waals surface area contributed by atoms with Crippen LogP contribution in [0.1, 0.15) is 50.4 Å². The van der Waals surface area contributed by atoms with Gasteiger partial charge in [-0.3, -0.25) is 5.32 Å². The van der Waals surface area contributed by atoms with E-state index in [4.69, 9.17) is 5.10 Å². The maximum atomic E-state index is 13.4. The molecule has 0 bridgehead atoms. The summed E-state index contributed by atoms with van der Waals surface area (Å²) in [6, 6.07) is 22.5. The summed E-state index contributed by atoms with van der Waals surface area (Å²) in [4.78, 5) is 13.3. The SMILES string of the molecule is Cc1ccc(-n2nc(C(C)(C)C)cc2NC(=O)Nc2ccc(CC3CCN(S(=O)(=O)c4cccc5nsnc45)CC3)cc2)cc1. The number of anilines is 2. The Hall–Kier alpha value is -4.13. The fourth-order valence-electron chi connectivity index (χ4n) is 5.54. The van der Waals surface area contributed by atoms with Gasteiger partial charge in [0.25, 0.3) is 0 Å². The number of carbonyl (C=O) groups excluding carboxylic acids is 1. The Balaban J connectivity index is 1.05. The van der Waals surface area contributed by atoms with Gasteiger partial charge in [-0.15, -0.1) is 0 Å². The number of fused-ring (bicyclic) bond motifs is 1. The first-order valence-electron chi connectivity index (χ1n) is 15.0. The molecule has 0 saturated carbocycles. The molecular formula is C33H37N7O3S2. The van der Waals surface area contributed by atoms with Crippen molar-refractivity contribution >= 4 is 50.3 Å². The minimum atomic E-state index is -3.64. The number of piperidine rings is 1. The first kappa shape index (κ1) is 30.9. The van der Waals surface area contributed by atoms with E-state index in [0.29, 0.717) is 41.5 Å². The van der Waals surface area contributed by atoms with Crippen molar-refractivity contribution in [1.82, 2.24) is 22.8 Å². The van der Waals surface area contributed by atoms with Crippen molar-refractivity contribution in [2.45, 2.75) is 57.3 Å². The van der Waals surface area contributed by atoms with E-state index in [1.54, 1.807) is 27.2 Å². The van der Waals surface area contributed by atoms with Gasteiger partial charge >= 0.3 is 6.03 Å².